The normalized spacial score (nSPS) is 14.2. The minimum Gasteiger partial charge on any atom is -0.497 e. The van der Waals surface area contributed by atoms with E-state index in [1.54, 1.807) is 32.4 Å². The fraction of sp³-hybridized carbons (Fsp3) is 0.600. The minimum absolute atomic E-state index is 0.0405. The predicted molar refractivity (Wildman–Crippen MR) is 78.2 cm³/mol. The maximum absolute atomic E-state index is 10.3. The molecule has 0 spiro atoms. The highest BCUT2D eigenvalue weighted by atomic mass is 16.5. The Bertz CT molecular complexity index is 409. The Labute approximate surface area is 120 Å². The average molecular weight is 283 g/mol. The second-order valence-electron chi connectivity index (χ2n) is 5.07. The summed E-state index contributed by atoms with van der Waals surface area (Å²) in [5.74, 6) is 1.58. The highest BCUT2D eigenvalue weighted by Gasteiger charge is 2.17. The van der Waals surface area contributed by atoms with Gasteiger partial charge >= 0.3 is 0 Å². The first-order valence-electron chi connectivity index (χ1n) is 6.77. The Balaban J connectivity index is 2.77. The zero-order valence-corrected chi connectivity index (χ0v) is 12.6. The van der Waals surface area contributed by atoms with Gasteiger partial charge in [0.05, 0.1) is 26.9 Å². The van der Waals surface area contributed by atoms with E-state index < -0.39 is 6.10 Å². The molecule has 2 atom stereocenters. The molecule has 0 radical (unpaired) electrons. The molecule has 0 aromatic heterocycles. The zero-order chi connectivity index (χ0) is 15.1. The largest absolute Gasteiger partial charge is 0.497 e. The van der Waals surface area contributed by atoms with E-state index in [-0.39, 0.29) is 12.6 Å². The number of benzene rings is 1. The van der Waals surface area contributed by atoms with Gasteiger partial charge in [0.15, 0.2) is 0 Å². The maximum Gasteiger partial charge on any atom is 0.124 e. The summed E-state index contributed by atoms with van der Waals surface area (Å²) in [5.41, 5.74) is 0.666. The van der Waals surface area contributed by atoms with Gasteiger partial charge in [-0.05, 0) is 24.1 Å². The van der Waals surface area contributed by atoms with Crippen LogP contribution in [0.4, 0.5) is 0 Å². The molecule has 0 aliphatic carbocycles. The van der Waals surface area contributed by atoms with Crippen LogP contribution in [0, 0.1) is 5.92 Å². The summed E-state index contributed by atoms with van der Waals surface area (Å²) in [6.45, 7) is 4.42. The van der Waals surface area contributed by atoms with Crippen LogP contribution in [0.5, 0.6) is 11.5 Å². The lowest BCUT2D eigenvalue weighted by Gasteiger charge is -2.23. The standard InChI is InChI=1S/C15H25NO4/c1-10(2)13(9-17)16-8-14(18)12-7-11(19-3)5-6-15(12)20-4/h5-7,10,13-14,16-18H,8-9H2,1-4H3. The molecule has 5 heteroatoms. The van der Waals surface area contributed by atoms with Crippen molar-refractivity contribution in [3.05, 3.63) is 23.8 Å². The number of hydrogen-bond donors (Lipinski definition) is 3. The molecule has 0 bridgehead atoms. The van der Waals surface area contributed by atoms with Crippen molar-refractivity contribution in [2.24, 2.45) is 5.92 Å². The quantitative estimate of drug-likeness (QED) is 0.671. The van der Waals surface area contributed by atoms with Crippen molar-refractivity contribution in [1.29, 1.82) is 0 Å². The van der Waals surface area contributed by atoms with Gasteiger partial charge in [-0.3, -0.25) is 0 Å². The van der Waals surface area contributed by atoms with Gasteiger partial charge in [0.2, 0.25) is 0 Å². The molecule has 0 saturated carbocycles. The lowest BCUT2D eigenvalue weighted by atomic mass is 10.0. The van der Waals surface area contributed by atoms with Crippen LogP contribution in [0.25, 0.3) is 0 Å². The minimum atomic E-state index is -0.729. The van der Waals surface area contributed by atoms with Gasteiger partial charge in [0.25, 0.3) is 0 Å². The highest BCUT2D eigenvalue weighted by molar-refractivity contribution is 5.41. The lowest BCUT2D eigenvalue weighted by Crippen LogP contribution is -2.39. The molecular weight excluding hydrogens is 258 g/mol. The summed E-state index contributed by atoms with van der Waals surface area (Å²) in [4.78, 5) is 0. The number of nitrogens with one attached hydrogen (secondary N) is 1. The van der Waals surface area contributed by atoms with Gasteiger partial charge in [-0.25, -0.2) is 0 Å². The van der Waals surface area contributed by atoms with Crippen molar-refractivity contribution >= 4 is 0 Å². The molecule has 0 amide bonds. The topological polar surface area (TPSA) is 71.0 Å². The SMILES string of the molecule is COc1ccc(OC)c(C(O)CNC(CO)C(C)C)c1. The summed E-state index contributed by atoms with van der Waals surface area (Å²) >= 11 is 0. The molecule has 5 nitrogen and oxygen atoms in total. The van der Waals surface area contributed by atoms with Crippen molar-refractivity contribution in [2.45, 2.75) is 26.0 Å². The summed E-state index contributed by atoms with van der Waals surface area (Å²) in [5, 5.41) is 22.7. The first-order valence-corrected chi connectivity index (χ1v) is 6.77. The molecule has 20 heavy (non-hydrogen) atoms. The van der Waals surface area contributed by atoms with E-state index in [9.17, 15) is 10.2 Å². The van der Waals surface area contributed by atoms with Crippen molar-refractivity contribution in [3.63, 3.8) is 0 Å². The van der Waals surface area contributed by atoms with E-state index in [1.807, 2.05) is 13.8 Å². The van der Waals surface area contributed by atoms with Crippen molar-refractivity contribution in [2.75, 3.05) is 27.4 Å². The predicted octanol–water partition coefficient (Wildman–Crippen LogP) is 1.34. The second-order valence-corrected chi connectivity index (χ2v) is 5.07. The van der Waals surface area contributed by atoms with Crippen LogP contribution < -0.4 is 14.8 Å². The Hall–Kier alpha value is -1.30. The number of rotatable bonds is 8. The second kappa shape index (κ2) is 8.09. The molecule has 0 aliphatic heterocycles. The van der Waals surface area contributed by atoms with Crippen molar-refractivity contribution in [3.8, 4) is 11.5 Å². The van der Waals surface area contributed by atoms with Crippen LogP contribution >= 0.6 is 0 Å². The van der Waals surface area contributed by atoms with E-state index in [0.29, 0.717) is 29.5 Å². The van der Waals surface area contributed by atoms with E-state index in [2.05, 4.69) is 5.32 Å². The number of aliphatic hydroxyl groups is 2. The molecule has 2 unspecified atom stereocenters. The van der Waals surface area contributed by atoms with Gasteiger partial charge in [-0.2, -0.15) is 0 Å². The molecule has 114 valence electrons. The third-order valence-corrected chi connectivity index (χ3v) is 3.37. The fourth-order valence-corrected chi connectivity index (χ4v) is 1.98. The Kier molecular flexibility index (Phi) is 6.78. The van der Waals surface area contributed by atoms with Crippen molar-refractivity contribution < 1.29 is 19.7 Å². The van der Waals surface area contributed by atoms with Gasteiger partial charge in [0.1, 0.15) is 11.5 Å². The Morgan fingerprint density at radius 2 is 1.90 bits per heavy atom. The zero-order valence-electron chi connectivity index (χ0n) is 12.6. The van der Waals surface area contributed by atoms with Crippen LogP contribution in [0.1, 0.15) is 25.5 Å². The molecule has 1 aromatic carbocycles. The molecule has 1 rings (SSSR count). The number of hydrogen-bond acceptors (Lipinski definition) is 5. The van der Waals surface area contributed by atoms with Gasteiger partial charge < -0.3 is 25.0 Å². The lowest BCUT2D eigenvalue weighted by molar-refractivity contribution is 0.145. The molecule has 0 heterocycles. The highest BCUT2D eigenvalue weighted by Crippen LogP contribution is 2.29. The first kappa shape index (κ1) is 16.8. The summed E-state index contributed by atoms with van der Waals surface area (Å²) in [6, 6.07) is 5.27. The molecule has 3 N–H and O–H groups in total. The average Bonchev–Trinajstić information content (AvgIpc) is 2.46. The van der Waals surface area contributed by atoms with E-state index in [0.717, 1.165) is 0 Å². The smallest absolute Gasteiger partial charge is 0.124 e. The van der Waals surface area contributed by atoms with Crippen molar-refractivity contribution in [1.82, 2.24) is 5.32 Å². The van der Waals surface area contributed by atoms with E-state index in [1.165, 1.54) is 0 Å². The number of methoxy groups -OCH3 is 2. The molecular formula is C15H25NO4. The van der Waals surface area contributed by atoms with Gasteiger partial charge in [0, 0.05) is 18.2 Å². The maximum atomic E-state index is 10.3. The molecule has 1 aromatic rings. The molecule has 0 aliphatic rings. The van der Waals surface area contributed by atoms with Crippen LogP contribution in [-0.2, 0) is 0 Å². The van der Waals surface area contributed by atoms with Crippen LogP contribution in [-0.4, -0.2) is 43.6 Å². The molecule has 0 saturated heterocycles. The van der Waals surface area contributed by atoms with Gasteiger partial charge in [-0.1, -0.05) is 13.8 Å². The summed E-state index contributed by atoms with van der Waals surface area (Å²) < 4.78 is 10.4. The Morgan fingerprint density at radius 1 is 1.20 bits per heavy atom. The first-order chi connectivity index (χ1) is 9.53. The fourth-order valence-electron chi connectivity index (χ4n) is 1.98. The third-order valence-electron chi connectivity index (χ3n) is 3.37. The molecule has 0 fully saturated rings. The summed E-state index contributed by atoms with van der Waals surface area (Å²) in [6.07, 6.45) is -0.729. The van der Waals surface area contributed by atoms with Crippen LogP contribution in [0.2, 0.25) is 0 Å². The van der Waals surface area contributed by atoms with E-state index in [4.69, 9.17) is 9.47 Å². The Morgan fingerprint density at radius 3 is 2.40 bits per heavy atom. The summed E-state index contributed by atoms with van der Waals surface area (Å²) in [7, 11) is 3.15. The van der Waals surface area contributed by atoms with Crippen LogP contribution in [0.15, 0.2) is 18.2 Å². The number of ether oxygens (including phenoxy) is 2. The van der Waals surface area contributed by atoms with E-state index >= 15 is 0 Å². The third kappa shape index (κ3) is 4.37. The van der Waals surface area contributed by atoms with Gasteiger partial charge in [-0.15, -0.1) is 0 Å². The number of aliphatic hydroxyl groups excluding tert-OH is 2. The monoisotopic (exact) mass is 283 g/mol. The van der Waals surface area contributed by atoms with Crippen LogP contribution in [0.3, 0.4) is 0 Å².